The molecule has 0 spiro atoms. The van der Waals surface area contributed by atoms with Crippen LogP contribution in [0.15, 0.2) is 55.0 Å². The SMILES string of the molecule is COc1ccc2c(c1)CCN(C1CCN(c3cc(C(=O)c4cn(CCCN5CCCC5)c5cc(F)ccc45)ncn3)CC1)C(=O)N2. The molecule has 0 aliphatic carbocycles. The number of urea groups is 1. The van der Waals surface area contributed by atoms with Crippen molar-refractivity contribution in [1.82, 2.24) is 24.3 Å². The maximum Gasteiger partial charge on any atom is 0.322 e. The number of nitrogens with one attached hydrogen (secondary N) is 1. The molecule has 4 aromatic rings. The van der Waals surface area contributed by atoms with Crippen LogP contribution in [-0.2, 0) is 13.0 Å². The smallest absolute Gasteiger partial charge is 0.322 e. The van der Waals surface area contributed by atoms with E-state index >= 15 is 0 Å². The number of rotatable bonds is 9. The second-order valence-electron chi connectivity index (χ2n) is 12.5. The number of fused-ring (bicyclic) bond motifs is 2. The first-order chi connectivity index (χ1) is 22.5. The predicted molar refractivity (Wildman–Crippen MR) is 175 cm³/mol. The van der Waals surface area contributed by atoms with Gasteiger partial charge in [-0.25, -0.2) is 19.2 Å². The molecule has 0 unspecified atom stereocenters. The number of ether oxygens (including phenoxy) is 1. The molecule has 10 nitrogen and oxygen atoms in total. The Kier molecular flexibility index (Phi) is 8.57. The molecule has 0 saturated carbocycles. The first-order valence-corrected chi connectivity index (χ1v) is 16.3. The van der Waals surface area contributed by atoms with Crippen molar-refractivity contribution in [2.24, 2.45) is 0 Å². The monoisotopic (exact) mass is 625 g/mol. The highest BCUT2D eigenvalue weighted by Crippen LogP contribution is 2.30. The second-order valence-corrected chi connectivity index (χ2v) is 12.5. The van der Waals surface area contributed by atoms with E-state index in [0.717, 1.165) is 73.2 Å². The number of carbonyl (C=O) groups is 2. The first kappa shape index (κ1) is 30.2. The molecule has 2 amide bonds. The Balaban J connectivity index is 1.02. The molecule has 2 saturated heterocycles. The summed E-state index contributed by atoms with van der Waals surface area (Å²) in [6, 6.07) is 12.1. The highest BCUT2D eigenvalue weighted by Gasteiger charge is 2.31. The average Bonchev–Trinajstić information content (AvgIpc) is 3.69. The zero-order valence-electron chi connectivity index (χ0n) is 26.3. The minimum atomic E-state index is -0.319. The van der Waals surface area contributed by atoms with Gasteiger partial charge in [0.15, 0.2) is 0 Å². The van der Waals surface area contributed by atoms with Crippen LogP contribution in [0.2, 0.25) is 0 Å². The van der Waals surface area contributed by atoms with Gasteiger partial charge in [-0.3, -0.25) is 4.79 Å². The number of hydrogen-bond donors (Lipinski definition) is 1. The molecule has 2 fully saturated rings. The number of carbonyl (C=O) groups excluding carboxylic acids is 2. The minimum Gasteiger partial charge on any atom is -0.497 e. The third-order valence-electron chi connectivity index (χ3n) is 9.71. The van der Waals surface area contributed by atoms with Crippen LogP contribution in [0, 0.1) is 5.82 Å². The van der Waals surface area contributed by atoms with Gasteiger partial charge in [-0.1, -0.05) is 0 Å². The number of halogens is 1. The molecule has 3 aliphatic heterocycles. The van der Waals surface area contributed by atoms with Crippen molar-refractivity contribution in [3.63, 3.8) is 0 Å². The molecule has 240 valence electrons. The van der Waals surface area contributed by atoms with E-state index in [9.17, 15) is 14.0 Å². The summed E-state index contributed by atoms with van der Waals surface area (Å²) in [5.74, 6) is 0.952. The summed E-state index contributed by atoms with van der Waals surface area (Å²) in [5, 5.41) is 3.80. The predicted octanol–water partition coefficient (Wildman–Crippen LogP) is 5.35. The lowest BCUT2D eigenvalue weighted by atomic mass is 10.0. The highest BCUT2D eigenvalue weighted by atomic mass is 19.1. The molecular weight excluding hydrogens is 585 g/mol. The topological polar surface area (TPSA) is 95.8 Å². The molecule has 5 heterocycles. The summed E-state index contributed by atoms with van der Waals surface area (Å²) in [6.45, 7) is 6.02. The summed E-state index contributed by atoms with van der Waals surface area (Å²) < 4.78 is 21.7. The number of benzene rings is 2. The molecule has 46 heavy (non-hydrogen) atoms. The maximum atomic E-state index is 14.3. The van der Waals surface area contributed by atoms with Gasteiger partial charge in [0.25, 0.3) is 0 Å². The van der Waals surface area contributed by atoms with Gasteiger partial charge in [0, 0.05) is 61.1 Å². The van der Waals surface area contributed by atoms with Crippen LogP contribution in [0.5, 0.6) is 5.75 Å². The van der Waals surface area contributed by atoms with E-state index in [-0.39, 0.29) is 23.7 Å². The third-order valence-corrected chi connectivity index (χ3v) is 9.71. The van der Waals surface area contributed by atoms with Crippen LogP contribution in [-0.4, -0.2) is 88.6 Å². The van der Waals surface area contributed by atoms with Crippen molar-refractivity contribution in [3.8, 4) is 5.75 Å². The average molecular weight is 626 g/mol. The third kappa shape index (κ3) is 6.16. The number of amides is 2. The van der Waals surface area contributed by atoms with Crippen LogP contribution in [0.4, 0.5) is 20.7 Å². The van der Waals surface area contributed by atoms with Gasteiger partial charge >= 0.3 is 6.03 Å². The zero-order chi connectivity index (χ0) is 31.6. The molecule has 0 bridgehead atoms. The van der Waals surface area contributed by atoms with E-state index in [1.165, 1.54) is 31.3 Å². The molecule has 11 heteroatoms. The van der Waals surface area contributed by atoms with Gasteiger partial charge < -0.3 is 29.3 Å². The molecule has 2 aromatic carbocycles. The maximum absolute atomic E-state index is 14.3. The normalized spacial score (nSPS) is 17.7. The molecular formula is C35H40FN7O3. The largest absolute Gasteiger partial charge is 0.497 e. The Labute approximate surface area is 268 Å². The molecule has 1 N–H and O–H groups in total. The van der Waals surface area contributed by atoms with Crippen molar-refractivity contribution < 1.29 is 18.7 Å². The standard InChI is InChI=1S/C35H40FN7O3/c1-46-27-6-8-30-24(19-27)9-18-43(35(45)39-30)26-10-16-41(17-11-26)33-21-31(37-23-38-33)34(44)29-22-42(15-4-14-40-12-2-3-13-40)32-20-25(36)5-7-28(29)32/h5-8,19-23,26H,2-4,9-18H2,1H3,(H,39,45). The summed E-state index contributed by atoms with van der Waals surface area (Å²) >= 11 is 0. The van der Waals surface area contributed by atoms with Gasteiger partial charge in [0.2, 0.25) is 5.78 Å². The van der Waals surface area contributed by atoms with Gasteiger partial charge in [0.05, 0.1) is 12.6 Å². The number of anilines is 2. The van der Waals surface area contributed by atoms with Crippen molar-refractivity contribution in [2.75, 3.05) is 56.6 Å². The molecule has 2 aromatic heterocycles. The van der Waals surface area contributed by atoms with E-state index < -0.39 is 0 Å². The number of piperidine rings is 1. The van der Waals surface area contributed by atoms with E-state index in [2.05, 4.69) is 25.1 Å². The Morgan fingerprint density at radius 2 is 1.83 bits per heavy atom. The number of aromatic nitrogens is 3. The van der Waals surface area contributed by atoms with Crippen LogP contribution in [0.25, 0.3) is 10.9 Å². The zero-order valence-corrected chi connectivity index (χ0v) is 26.3. The fraction of sp³-hybridized carbons (Fsp3) is 0.429. The van der Waals surface area contributed by atoms with E-state index in [1.54, 1.807) is 19.2 Å². The van der Waals surface area contributed by atoms with E-state index in [4.69, 9.17) is 4.74 Å². The summed E-state index contributed by atoms with van der Waals surface area (Å²) in [7, 11) is 1.65. The number of methoxy groups -OCH3 is 1. The number of nitrogens with zero attached hydrogens (tertiary/aromatic N) is 6. The Morgan fingerprint density at radius 1 is 1.00 bits per heavy atom. The van der Waals surface area contributed by atoms with Gasteiger partial charge in [-0.2, -0.15) is 0 Å². The van der Waals surface area contributed by atoms with E-state index in [1.807, 2.05) is 33.9 Å². The van der Waals surface area contributed by atoms with Gasteiger partial charge in [-0.15, -0.1) is 0 Å². The van der Waals surface area contributed by atoms with Crippen LogP contribution >= 0.6 is 0 Å². The van der Waals surface area contributed by atoms with Crippen LogP contribution < -0.4 is 15.0 Å². The summed E-state index contributed by atoms with van der Waals surface area (Å²) in [6.07, 6.45) is 9.05. The van der Waals surface area contributed by atoms with Crippen molar-refractivity contribution >= 4 is 34.2 Å². The molecule has 0 radical (unpaired) electrons. The summed E-state index contributed by atoms with van der Waals surface area (Å²) in [5.41, 5.74) is 3.46. The van der Waals surface area contributed by atoms with Crippen molar-refractivity contribution in [1.29, 1.82) is 0 Å². The second kappa shape index (κ2) is 13.1. The fourth-order valence-electron chi connectivity index (χ4n) is 7.19. The number of aryl methyl sites for hydroxylation is 1. The quantitative estimate of drug-likeness (QED) is 0.251. The minimum absolute atomic E-state index is 0.0765. The van der Waals surface area contributed by atoms with Crippen molar-refractivity contribution in [2.45, 2.75) is 51.1 Å². The Hall–Kier alpha value is -4.51. The highest BCUT2D eigenvalue weighted by molar-refractivity contribution is 6.15. The molecule has 3 aliphatic rings. The van der Waals surface area contributed by atoms with Crippen LogP contribution in [0.1, 0.15) is 53.7 Å². The van der Waals surface area contributed by atoms with Gasteiger partial charge in [-0.05, 0) is 100 Å². The Bertz CT molecular complexity index is 1740. The molecule has 0 atom stereocenters. The fourth-order valence-corrected chi connectivity index (χ4v) is 7.19. The Morgan fingerprint density at radius 3 is 2.63 bits per heavy atom. The lowest BCUT2D eigenvalue weighted by Gasteiger charge is -2.38. The van der Waals surface area contributed by atoms with E-state index in [0.29, 0.717) is 43.3 Å². The summed E-state index contributed by atoms with van der Waals surface area (Å²) in [4.78, 5) is 42.4. The number of ketones is 1. The lowest BCUT2D eigenvalue weighted by Crippen LogP contribution is -2.49. The first-order valence-electron chi connectivity index (χ1n) is 16.3. The lowest BCUT2D eigenvalue weighted by molar-refractivity contribution is 0.103. The molecule has 7 rings (SSSR count). The van der Waals surface area contributed by atoms with Gasteiger partial charge in [0.1, 0.15) is 29.4 Å². The van der Waals surface area contributed by atoms with Crippen LogP contribution in [0.3, 0.4) is 0 Å². The van der Waals surface area contributed by atoms with Crippen molar-refractivity contribution in [3.05, 3.63) is 77.6 Å². The number of likely N-dealkylation sites (tertiary alicyclic amines) is 1. The number of hydrogen-bond acceptors (Lipinski definition) is 7.